The van der Waals surface area contributed by atoms with Gasteiger partial charge >= 0.3 is 0 Å². The van der Waals surface area contributed by atoms with E-state index in [1.54, 1.807) is 0 Å². The topological polar surface area (TPSA) is 20.2 Å². The molecule has 0 amide bonds. The Morgan fingerprint density at radius 3 is 2.80 bits per heavy atom. The Hall–Kier alpha value is 0.690. The Bertz CT molecular complexity index is 231. The molecular weight excluding hydrogens is 299 g/mol. The summed E-state index contributed by atoms with van der Waals surface area (Å²) in [6.45, 7) is 4.73. The van der Waals surface area contributed by atoms with Crippen LogP contribution in [0, 0.1) is 23.2 Å². The third-order valence-corrected chi connectivity index (χ3v) is 6.50. The number of aliphatic hydroxyl groups excluding tert-OH is 1. The Morgan fingerprint density at radius 1 is 1.40 bits per heavy atom. The molecule has 1 N–H and O–H groups in total. The second-order valence-electron chi connectivity index (χ2n) is 5.89. The lowest BCUT2D eigenvalue weighted by molar-refractivity contribution is -0.0377. The standard InChI is InChI=1S/C13H23IO/c1-9(8-14)10-6-7-13(2)11(10)4-3-5-12(13)15/h9-12,15H,3-8H2,1-2H3/t9-,10+,11-,12-,13-/m1/s1. The molecule has 15 heavy (non-hydrogen) atoms. The molecule has 2 aliphatic rings. The summed E-state index contributed by atoms with van der Waals surface area (Å²) in [7, 11) is 0. The van der Waals surface area contributed by atoms with Crippen molar-refractivity contribution in [3.63, 3.8) is 0 Å². The average molecular weight is 322 g/mol. The third kappa shape index (κ3) is 1.97. The minimum Gasteiger partial charge on any atom is -0.393 e. The number of alkyl halides is 1. The third-order valence-electron chi connectivity index (χ3n) is 5.11. The zero-order valence-corrected chi connectivity index (χ0v) is 12.0. The maximum atomic E-state index is 10.2. The fourth-order valence-corrected chi connectivity index (χ4v) is 4.62. The van der Waals surface area contributed by atoms with Crippen molar-refractivity contribution in [3.05, 3.63) is 0 Å². The molecule has 0 aromatic rings. The molecule has 2 aliphatic carbocycles. The molecule has 2 saturated carbocycles. The highest BCUT2D eigenvalue weighted by atomic mass is 127. The van der Waals surface area contributed by atoms with Crippen molar-refractivity contribution in [2.75, 3.05) is 4.43 Å². The van der Waals surface area contributed by atoms with Crippen molar-refractivity contribution in [1.82, 2.24) is 0 Å². The van der Waals surface area contributed by atoms with E-state index in [-0.39, 0.29) is 11.5 Å². The maximum Gasteiger partial charge on any atom is 0.0596 e. The molecule has 1 nitrogen and oxygen atoms in total. The van der Waals surface area contributed by atoms with Gasteiger partial charge < -0.3 is 5.11 Å². The van der Waals surface area contributed by atoms with Crippen LogP contribution < -0.4 is 0 Å². The number of aliphatic hydroxyl groups is 1. The number of halogens is 1. The quantitative estimate of drug-likeness (QED) is 0.608. The van der Waals surface area contributed by atoms with E-state index in [2.05, 4.69) is 36.4 Å². The van der Waals surface area contributed by atoms with Crippen LogP contribution in [0.5, 0.6) is 0 Å². The Morgan fingerprint density at radius 2 is 2.13 bits per heavy atom. The summed E-state index contributed by atoms with van der Waals surface area (Å²) in [5.74, 6) is 2.51. The van der Waals surface area contributed by atoms with Crippen LogP contribution >= 0.6 is 22.6 Å². The zero-order chi connectivity index (χ0) is 11.1. The van der Waals surface area contributed by atoms with E-state index in [4.69, 9.17) is 0 Å². The normalized spacial score (nSPS) is 47.6. The first-order valence-electron chi connectivity index (χ1n) is 6.33. The first-order chi connectivity index (χ1) is 7.09. The van der Waals surface area contributed by atoms with Crippen LogP contribution in [-0.2, 0) is 0 Å². The van der Waals surface area contributed by atoms with Gasteiger partial charge in [0.05, 0.1) is 6.10 Å². The largest absolute Gasteiger partial charge is 0.393 e. The van der Waals surface area contributed by atoms with E-state index in [1.165, 1.54) is 30.1 Å². The summed E-state index contributed by atoms with van der Waals surface area (Å²) in [5, 5.41) is 10.2. The Kier molecular flexibility index (Phi) is 3.66. The first kappa shape index (κ1) is 12.2. The zero-order valence-electron chi connectivity index (χ0n) is 9.88. The predicted octanol–water partition coefficient (Wildman–Crippen LogP) is 3.63. The van der Waals surface area contributed by atoms with Gasteiger partial charge in [-0.2, -0.15) is 0 Å². The molecule has 0 aromatic heterocycles. The number of rotatable bonds is 2. The smallest absolute Gasteiger partial charge is 0.0596 e. The van der Waals surface area contributed by atoms with E-state index < -0.39 is 0 Å². The van der Waals surface area contributed by atoms with Crippen molar-refractivity contribution < 1.29 is 5.11 Å². The van der Waals surface area contributed by atoms with Gasteiger partial charge in [-0.15, -0.1) is 0 Å². The maximum absolute atomic E-state index is 10.2. The van der Waals surface area contributed by atoms with Gasteiger partial charge in [-0.1, -0.05) is 42.9 Å². The Labute approximate surface area is 107 Å². The molecule has 0 bridgehead atoms. The van der Waals surface area contributed by atoms with Gasteiger partial charge in [0, 0.05) is 4.43 Å². The summed E-state index contributed by atoms with van der Waals surface area (Å²) in [6.07, 6.45) is 6.22. The number of fused-ring (bicyclic) bond motifs is 1. The molecule has 0 saturated heterocycles. The van der Waals surface area contributed by atoms with E-state index in [0.717, 1.165) is 24.2 Å². The van der Waals surface area contributed by atoms with Gasteiger partial charge in [-0.25, -0.2) is 0 Å². The van der Waals surface area contributed by atoms with Crippen LogP contribution in [0.1, 0.15) is 46.0 Å². The predicted molar refractivity (Wildman–Crippen MR) is 72.2 cm³/mol. The highest BCUT2D eigenvalue weighted by Crippen LogP contribution is 2.56. The lowest BCUT2D eigenvalue weighted by Gasteiger charge is -2.43. The summed E-state index contributed by atoms with van der Waals surface area (Å²) in [4.78, 5) is 0. The molecule has 2 fully saturated rings. The number of hydrogen-bond acceptors (Lipinski definition) is 1. The SMILES string of the molecule is C[C@H](CI)[C@@H]1CC[C@@]2(C)[C@H](O)CCC[C@H]12. The van der Waals surface area contributed by atoms with Gasteiger partial charge in [-0.3, -0.25) is 0 Å². The van der Waals surface area contributed by atoms with Gasteiger partial charge in [0.1, 0.15) is 0 Å². The summed E-state index contributed by atoms with van der Waals surface area (Å²) >= 11 is 2.51. The fourth-order valence-electron chi connectivity index (χ4n) is 3.97. The highest BCUT2D eigenvalue weighted by Gasteiger charge is 2.51. The molecule has 2 heteroatoms. The van der Waals surface area contributed by atoms with E-state index in [1.807, 2.05) is 0 Å². The van der Waals surface area contributed by atoms with Gasteiger partial charge in [0.2, 0.25) is 0 Å². The summed E-state index contributed by atoms with van der Waals surface area (Å²) in [5.41, 5.74) is 0.253. The minimum atomic E-state index is -0.0253. The van der Waals surface area contributed by atoms with Gasteiger partial charge in [0.25, 0.3) is 0 Å². The van der Waals surface area contributed by atoms with E-state index >= 15 is 0 Å². The van der Waals surface area contributed by atoms with E-state index in [0.29, 0.717) is 0 Å². The summed E-state index contributed by atoms with van der Waals surface area (Å²) < 4.78 is 1.27. The lowest BCUT2D eigenvalue weighted by atomic mass is 9.64. The van der Waals surface area contributed by atoms with Crippen LogP contribution in [0.2, 0.25) is 0 Å². The molecule has 5 atom stereocenters. The van der Waals surface area contributed by atoms with Crippen molar-refractivity contribution in [2.24, 2.45) is 23.2 Å². The van der Waals surface area contributed by atoms with Gasteiger partial charge in [-0.05, 0) is 48.9 Å². The van der Waals surface area contributed by atoms with Crippen LogP contribution in [0.3, 0.4) is 0 Å². The molecule has 0 radical (unpaired) electrons. The van der Waals surface area contributed by atoms with Crippen LogP contribution in [0.4, 0.5) is 0 Å². The average Bonchev–Trinajstić information content (AvgIpc) is 2.57. The first-order valence-corrected chi connectivity index (χ1v) is 7.86. The molecule has 0 heterocycles. The number of hydrogen-bond donors (Lipinski definition) is 1. The monoisotopic (exact) mass is 322 g/mol. The van der Waals surface area contributed by atoms with Crippen LogP contribution in [0.25, 0.3) is 0 Å². The molecule has 2 rings (SSSR count). The van der Waals surface area contributed by atoms with Crippen LogP contribution in [0.15, 0.2) is 0 Å². The Balaban J connectivity index is 2.15. The molecule has 0 unspecified atom stereocenters. The molecule has 88 valence electrons. The molecule has 0 aliphatic heterocycles. The van der Waals surface area contributed by atoms with E-state index in [9.17, 15) is 5.11 Å². The molecular formula is C13H23IO. The van der Waals surface area contributed by atoms with Crippen molar-refractivity contribution in [1.29, 1.82) is 0 Å². The highest BCUT2D eigenvalue weighted by molar-refractivity contribution is 14.1. The van der Waals surface area contributed by atoms with Crippen LogP contribution in [-0.4, -0.2) is 15.6 Å². The lowest BCUT2D eigenvalue weighted by Crippen LogP contribution is -2.41. The second kappa shape index (κ2) is 4.52. The van der Waals surface area contributed by atoms with Crippen molar-refractivity contribution in [2.45, 2.75) is 52.1 Å². The van der Waals surface area contributed by atoms with Crippen molar-refractivity contribution >= 4 is 22.6 Å². The minimum absolute atomic E-state index is 0.0253. The van der Waals surface area contributed by atoms with Gasteiger partial charge in [0.15, 0.2) is 0 Å². The van der Waals surface area contributed by atoms with Crippen molar-refractivity contribution in [3.8, 4) is 0 Å². The fraction of sp³-hybridized carbons (Fsp3) is 1.00. The molecule has 0 aromatic carbocycles. The second-order valence-corrected chi connectivity index (χ2v) is 6.77. The molecule has 0 spiro atoms. The summed E-state index contributed by atoms with van der Waals surface area (Å²) in [6, 6.07) is 0.